The van der Waals surface area contributed by atoms with E-state index >= 15 is 0 Å². The average molecular weight is 260 g/mol. The van der Waals surface area contributed by atoms with Crippen molar-refractivity contribution in [2.24, 2.45) is 0 Å². The summed E-state index contributed by atoms with van der Waals surface area (Å²) in [6, 6.07) is 8.21. The molecule has 0 aliphatic rings. The van der Waals surface area contributed by atoms with Crippen LogP contribution in [-0.4, -0.2) is 4.98 Å². The quantitative estimate of drug-likeness (QED) is 0.525. The lowest BCUT2D eigenvalue weighted by Gasteiger charge is -1.97. The normalized spacial score (nSPS) is 10.9. The molecule has 0 radical (unpaired) electrons. The SMILES string of the molecule is [O-][n+]1ccc2sc(Cc3cccc(F)c3)nc2c1. The number of benzene rings is 1. The molecular weight excluding hydrogens is 251 g/mol. The predicted molar refractivity (Wildman–Crippen MR) is 67.8 cm³/mol. The summed E-state index contributed by atoms with van der Waals surface area (Å²) in [4.78, 5) is 4.37. The van der Waals surface area contributed by atoms with Crippen LogP contribution in [0.3, 0.4) is 0 Å². The molecule has 0 saturated heterocycles. The zero-order chi connectivity index (χ0) is 12.5. The van der Waals surface area contributed by atoms with Gasteiger partial charge in [0.05, 0.1) is 9.71 Å². The number of rotatable bonds is 2. The van der Waals surface area contributed by atoms with Gasteiger partial charge in [0.25, 0.3) is 0 Å². The van der Waals surface area contributed by atoms with Crippen molar-refractivity contribution in [3.63, 3.8) is 0 Å². The molecule has 0 N–H and O–H groups in total. The molecule has 90 valence electrons. The van der Waals surface area contributed by atoms with Crippen molar-refractivity contribution in [1.29, 1.82) is 0 Å². The van der Waals surface area contributed by atoms with Gasteiger partial charge in [0.15, 0.2) is 6.20 Å². The maximum absolute atomic E-state index is 13.1. The van der Waals surface area contributed by atoms with E-state index in [-0.39, 0.29) is 5.82 Å². The maximum atomic E-state index is 13.1. The molecule has 0 atom stereocenters. The molecule has 2 aromatic heterocycles. The Balaban J connectivity index is 1.95. The Morgan fingerprint density at radius 2 is 2.22 bits per heavy atom. The van der Waals surface area contributed by atoms with E-state index < -0.39 is 0 Å². The molecule has 1 aromatic carbocycles. The van der Waals surface area contributed by atoms with Gasteiger partial charge in [-0.05, 0) is 17.7 Å². The Bertz CT molecular complexity index is 711. The largest absolute Gasteiger partial charge is 0.619 e. The smallest absolute Gasteiger partial charge is 0.207 e. The molecule has 3 nitrogen and oxygen atoms in total. The number of hydrogen-bond acceptors (Lipinski definition) is 3. The van der Waals surface area contributed by atoms with E-state index in [0.717, 1.165) is 20.0 Å². The van der Waals surface area contributed by atoms with Gasteiger partial charge < -0.3 is 5.21 Å². The van der Waals surface area contributed by atoms with Gasteiger partial charge in [-0.25, -0.2) is 9.37 Å². The molecule has 3 rings (SSSR count). The summed E-state index contributed by atoms with van der Waals surface area (Å²) in [5.41, 5.74) is 1.56. The molecule has 5 heteroatoms. The van der Waals surface area contributed by atoms with E-state index in [1.165, 1.54) is 35.9 Å². The third kappa shape index (κ3) is 2.17. The Morgan fingerprint density at radius 3 is 3.06 bits per heavy atom. The molecule has 0 saturated carbocycles. The Morgan fingerprint density at radius 1 is 1.33 bits per heavy atom. The minimum absolute atomic E-state index is 0.244. The van der Waals surface area contributed by atoms with E-state index in [1.807, 2.05) is 6.07 Å². The van der Waals surface area contributed by atoms with Crippen LogP contribution in [0.15, 0.2) is 42.7 Å². The van der Waals surface area contributed by atoms with Gasteiger partial charge in [-0.15, -0.1) is 11.3 Å². The third-order valence-corrected chi connectivity index (χ3v) is 3.63. The van der Waals surface area contributed by atoms with Gasteiger partial charge in [0, 0.05) is 12.5 Å². The van der Waals surface area contributed by atoms with Gasteiger partial charge >= 0.3 is 0 Å². The molecule has 2 heterocycles. The summed E-state index contributed by atoms with van der Waals surface area (Å²) < 4.78 is 14.8. The molecule has 0 aliphatic heterocycles. The fourth-order valence-corrected chi connectivity index (χ4v) is 2.77. The summed E-state index contributed by atoms with van der Waals surface area (Å²) >= 11 is 1.52. The highest BCUT2D eigenvalue weighted by Crippen LogP contribution is 2.22. The molecular formula is C13H9FN2OS. The molecule has 0 fully saturated rings. The van der Waals surface area contributed by atoms with Crippen LogP contribution in [-0.2, 0) is 6.42 Å². The fourth-order valence-electron chi connectivity index (χ4n) is 1.81. The maximum Gasteiger partial charge on any atom is 0.207 e. The van der Waals surface area contributed by atoms with Gasteiger partial charge in [-0.1, -0.05) is 12.1 Å². The van der Waals surface area contributed by atoms with Crippen molar-refractivity contribution in [3.05, 3.63) is 64.3 Å². The van der Waals surface area contributed by atoms with E-state index in [2.05, 4.69) is 4.98 Å². The zero-order valence-corrected chi connectivity index (χ0v) is 10.2. The number of aromatic nitrogens is 2. The van der Waals surface area contributed by atoms with E-state index in [9.17, 15) is 9.60 Å². The highest BCUT2D eigenvalue weighted by atomic mass is 32.1. The third-order valence-electron chi connectivity index (χ3n) is 2.59. The summed E-state index contributed by atoms with van der Waals surface area (Å²) in [6.07, 6.45) is 3.48. The fraction of sp³-hybridized carbons (Fsp3) is 0.0769. The summed E-state index contributed by atoms with van der Waals surface area (Å²) in [5, 5.41) is 12.0. The molecule has 0 spiro atoms. The summed E-state index contributed by atoms with van der Waals surface area (Å²) in [7, 11) is 0. The van der Waals surface area contributed by atoms with Crippen LogP contribution in [0.4, 0.5) is 4.39 Å². The van der Waals surface area contributed by atoms with Crippen molar-refractivity contribution >= 4 is 21.6 Å². The van der Waals surface area contributed by atoms with E-state index in [4.69, 9.17) is 0 Å². The van der Waals surface area contributed by atoms with Crippen LogP contribution in [0.5, 0.6) is 0 Å². The molecule has 3 aromatic rings. The monoisotopic (exact) mass is 260 g/mol. The first-order chi connectivity index (χ1) is 8.70. The Labute approximate surface area is 107 Å². The van der Waals surface area contributed by atoms with Gasteiger partial charge in [-0.3, -0.25) is 0 Å². The second kappa shape index (κ2) is 4.34. The summed E-state index contributed by atoms with van der Waals surface area (Å²) in [6.45, 7) is 0. The number of hydrogen-bond donors (Lipinski definition) is 0. The minimum Gasteiger partial charge on any atom is -0.619 e. The lowest BCUT2D eigenvalue weighted by molar-refractivity contribution is -0.603. The van der Waals surface area contributed by atoms with E-state index in [1.54, 1.807) is 12.1 Å². The number of thiazole rings is 1. The minimum atomic E-state index is -0.244. The molecule has 0 aliphatic carbocycles. The lowest BCUT2D eigenvalue weighted by Crippen LogP contribution is -2.23. The number of nitrogens with zero attached hydrogens (tertiary/aromatic N) is 2. The standard InChI is InChI=1S/C13H9FN2OS/c14-10-3-1-2-9(6-10)7-13-15-11-8-16(17)5-4-12(11)18-13/h1-6,8H,7H2. The second-order valence-electron chi connectivity index (χ2n) is 3.97. The van der Waals surface area contributed by atoms with E-state index in [0.29, 0.717) is 11.9 Å². The molecule has 0 unspecified atom stereocenters. The topological polar surface area (TPSA) is 39.8 Å². The van der Waals surface area contributed by atoms with Gasteiger partial charge in [0.1, 0.15) is 11.3 Å². The molecule has 18 heavy (non-hydrogen) atoms. The Hall–Kier alpha value is -2.01. The lowest BCUT2D eigenvalue weighted by atomic mass is 10.1. The van der Waals surface area contributed by atoms with Crippen LogP contribution in [0.25, 0.3) is 10.2 Å². The first-order valence-corrected chi connectivity index (χ1v) is 6.25. The number of halogens is 1. The van der Waals surface area contributed by atoms with Crippen molar-refractivity contribution in [2.75, 3.05) is 0 Å². The van der Waals surface area contributed by atoms with Gasteiger partial charge in [-0.2, -0.15) is 4.73 Å². The summed E-state index contributed by atoms with van der Waals surface area (Å²) in [5.74, 6) is -0.244. The van der Waals surface area contributed by atoms with Crippen molar-refractivity contribution in [2.45, 2.75) is 6.42 Å². The first-order valence-electron chi connectivity index (χ1n) is 5.43. The number of pyridine rings is 1. The van der Waals surface area contributed by atoms with Crippen molar-refractivity contribution in [3.8, 4) is 0 Å². The first kappa shape index (κ1) is 11.1. The van der Waals surface area contributed by atoms with Crippen LogP contribution in [0, 0.1) is 11.0 Å². The molecule has 0 amide bonds. The Kier molecular flexibility index (Phi) is 2.68. The highest BCUT2D eigenvalue weighted by Gasteiger charge is 2.07. The zero-order valence-electron chi connectivity index (χ0n) is 9.34. The van der Waals surface area contributed by atoms with Crippen LogP contribution >= 0.6 is 11.3 Å². The van der Waals surface area contributed by atoms with Crippen LogP contribution in [0.2, 0.25) is 0 Å². The average Bonchev–Trinajstić information content (AvgIpc) is 2.70. The number of fused-ring (bicyclic) bond motifs is 1. The van der Waals surface area contributed by atoms with Gasteiger partial charge in [0.2, 0.25) is 6.20 Å². The molecule has 0 bridgehead atoms. The predicted octanol–water partition coefficient (Wildman–Crippen LogP) is 2.66. The highest BCUT2D eigenvalue weighted by molar-refractivity contribution is 7.18. The van der Waals surface area contributed by atoms with Crippen LogP contribution in [0.1, 0.15) is 10.6 Å². The van der Waals surface area contributed by atoms with Crippen molar-refractivity contribution in [1.82, 2.24) is 4.98 Å². The second-order valence-corrected chi connectivity index (χ2v) is 5.08. The van der Waals surface area contributed by atoms with Crippen LogP contribution < -0.4 is 4.73 Å². The van der Waals surface area contributed by atoms with Crippen molar-refractivity contribution < 1.29 is 9.12 Å².